The molecular formula is C23H30N4O4. The lowest BCUT2D eigenvalue weighted by Crippen LogP contribution is -2.24. The number of nitrogens with one attached hydrogen (secondary N) is 1. The summed E-state index contributed by atoms with van der Waals surface area (Å²) < 4.78 is 18.0. The minimum Gasteiger partial charge on any atom is -0.496 e. The maximum absolute atomic E-state index is 13.2. The summed E-state index contributed by atoms with van der Waals surface area (Å²) in [5.74, 6) is 1.72. The summed E-state index contributed by atoms with van der Waals surface area (Å²) in [6.07, 6.45) is 1.71. The summed E-state index contributed by atoms with van der Waals surface area (Å²) in [7, 11) is 4.71. The first-order valence-corrected chi connectivity index (χ1v) is 10.3. The monoisotopic (exact) mass is 426 g/mol. The Morgan fingerprint density at radius 1 is 1.00 bits per heavy atom. The zero-order valence-electron chi connectivity index (χ0n) is 19.1. The average Bonchev–Trinajstić information content (AvgIpc) is 3.20. The number of amides is 1. The number of hydrogen-bond donors (Lipinski definition) is 1. The third kappa shape index (κ3) is 4.42. The Bertz CT molecular complexity index is 1090. The molecule has 0 saturated carbocycles. The minimum atomic E-state index is -0.200. The second-order valence-electron chi connectivity index (χ2n) is 7.87. The van der Waals surface area contributed by atoms with Crippen molar-refractivity contribution in [3.05, 3.63) is 41.2 Å². The summed E-state index contributed by atoms with van der Waals surface area (Å²) in [4.78, 5) is 17.9. The third-order valence-electron chi connectivity index (χ3n) is 5.14. The van der Waals surface area contributed by atoms with Gasteiger partial charge in [-0.05, 0) is 31.9 Å². The van der Waals surface area contributed by atoms with Gasteiger partial charge in [-0.2, -0.15) is 5.10 Å². The van der Waals surface area contributed by atoms with Crippen LogP contribution in [0.25, 0.3) is 11.0 Å². The van der Waals surface area contributed by atoms with Gasteiger partial charge in [-0.3, -0.25) is 4.79 Å². The molecule has 0 bridgehead atoms. The number of hydrogen-bond acceptors (Lipinski definition) is 6. The van der Waals surface area contributed by atoms with Gasteiger partial charge in [0.05, 0.1) is 38.5 Å². The molecule has 0 aliphatic rings. The number of methoxy groups -OCH3 is 3. The van der Waals surface area contributed by atoms with Crippen LogP contribution in [0.2, 0.25) is 0 Å². The Morgan fingerprint density at radius 2 is 1.65 bits per heavy atom. The van der Waals surface area contributed by atoms with Gasteiger partial charge in [0.15, 0.2) is 17.1 Å². The number of nitrogens with zero attached hydrogens (tertiary/aromatic N) is 3. The third-order valence-corrected chi connectivity index (χ3v) is 5.14. The molecule has 2 heterocycles. The largest absolute Gasteiger partial charge is 0.496 e. The summed E-state index contributed by atoms with van der Waals surface area (Å²) in [5, 5.41) is 8.18. The molecule has 1 N–H and O–H groups in total. The van der Waals surface area contributed by atoms with E-state index in [2.05, 4.69) is 24.3 Å². The van der Waals surface area contributed by atoms with Gasteiger partial charge in [0, 0.05) is 29.9 Å². The van der Waals surface area contributed by atoms with Gasteiger partial charge in [-0.1, -0.05) is 13.8 Å². The number of ether oxygens (including phenoxy) is 3. The molecule has 0 aliphatic heterocycles. The van der Waals surface area contributed by atoms with Gasteiger partial charge >= 0.3 is 0 Å². The standard InChI is InChI=1S/C23H30N4O4/c1-13(2)18-9-16(17-12-25-27(14(3)4)22(17)26-18)23(28)24-11-15-8-20(30-6)21(31-7)10-19(15)29-5/h8-10,12-14H,11H2,1-7H3,(H,24,28). The normalized spacial score (nSPS) is 11.3. The predicted octanol–water partition coefficient (Wildman–Crippen LogP) is 4.09. The van der Waals surface area contributed by atoms with Crippen molar-refractivity contribution in [2.75, 3.05) is 21.3 Å². The van der Waals surface area contributed by atoms with E-state index in [1.807, 2.05) is 24.6 Å². The van der Waals surface area contributed by atoms with E-state index in [0.29, 0.717) is 22.8 Å². The van der Waals surface area contributed by atoms with Crippen LogP contribution in [-0.2, 0) is 6.54 Å². The molecule has 0 unspecified atom stereocenters. The van der Waals surface area contributed by atoms with Crippen molar-refractivity contribution in [2.45, 2.75) is 46.2 Å². The van der Waals surface area contributed by atoms with Crippen molar-refractivity contribution in [1.29, 1.82) is 0 Å². The zero-order chi connectivity index (χ0) is 22.7. The molecule has 1 amide bonds. The zero-order valence-corrected chi connectivity index (χ0v) is 19.1. The van der Waals surface area contributed by atoms with Crippen LogP contribution in [0.4, 0.5) is 0 Å². The smallest absolute Gasteiger partial charge is 0.252 e. The Kier molecular flexibility index (Phi) is 6.68. The van der Waals surface area contributed by atoms with Crippen LogP contribution >= 0.6 is 0 Å². The number of carbonyl (C=O) groups is 1. The second kappa shape index (κ2) is 9.24. The number of benzene rings is 1. The van der Waals surface area contributed by atoms with E-state index in [-0.39, 0.29) is 24.4 Å². The number of fused-ring (bicyclic) bond motifs is 1. The fourth-order valence-corrected chi connectivity index (χ4v) is 3.40. The first-order valence-electron chi connectivity index (χ1n) is 10.3. The quantitative estimate of drug-likeness (QED) is 0.584. The van der Waals surface area contributed by atoms with Crippen LogP contribution in [0.15, 0.2) is 24.4 Å². The molecular weight excluding hydrogens is 396 g/mol. The Balaban J connectivity index is 1.96. The lowest BCUT2D eigenvalue weighted by Gasteiger charge is -2.15. The lowest BCUT2D eigenvalue weighted by molar-refractivity contribution is 0.0952. The fourth-order valence-electron chi connectivity index (χ4n) is 3.40. The molecule has 31 heavy (non-hydrogen) atoms. The van der Waals surface area contributed by atoms with Crippen molar-refractivity contribution in [3.63, 3.8) is 0 Å². The molecule has 0 atom stereocenters. The highest BCUT2D eigenvalue weighted by atomic mass is 16.5. The number of aromatic nitrogens is 3. The van der Waals surface area contributed by atoms with Crippen LogP contribution in [0.3, 0.4) is 0 Å². The molecule has 166 valence electrons. The molecule has 1 aromatic carbocycles. The minimum absolute atomic E-state index is 0.138. The highest BCUT2D eigenvalue weighted by molar-refractivity contribution is 6.05. The number of carbonyl (C=O) groups excluding carboxylic acids is 1. The highest BCUT2D eigenvalue weighted by Crippen LogP contribution is 2.34. The number of pyridine rings is 1. The molecule has 0 saturated heterocycles. The van der Waals surface area contributed by atoms with E-state index in [1.54, 1.807) is 39.7 Å². The molecule has 8 nitrogen and oxygen atoms in total. The van der Waals surface area contributed by atoms with Crippen LogP contribution in [0, 0.1) is 0 Å². The molecule has 8 heteroatoms. The lowest BCUT2D eigenvalue weighted by atomic mass is 10.0. The van der Waals surface area contributed by atoms with E-state index in [4.69, 9.17) is 19.2 Å². The molecule has 0 aliphatic carbocycles. The Labute approximate surface area is 182 Å². The highest BCUT2D eigenvalue weighted by Gasteiger charge is 2.20. The second-order valence-corrected chi connectivity index (χ2v) is 7.87. The molecule has 0 spiro atoms. The van der Waals surface area contributed by atoms with Gasteiger partial charge < -0.3 is 19.5 Å². The van der Waals surface area contributed by atoms with Crippen LogP contribution in [0.5, 0.6) is 17.2 Å². The molecule has 2 aromatic heterocycles. The van der Waals surface area contributed by atoms with E-state index < -0.39 is 0 Å². The van der Waals surface area contributed by atoms with E-state index >= 15 is 0 Å². The van der Waals surface area contributed by atoms with Crippen LogP contribution in [-0.4, -0.2) is 42.0 Å². The van der Waals surface area contributed by atoms with Gasteiger partial charge in [0.1, 0.15) is 5.75 Å². The molecule has 3 rings (SSSR count). The first kappa shape index (κ1) is 22.4. The Hall–Kier alpha value is -3.29. The average molecular weight is 427 g/mol. The van der Waals surface area contributed by atoms with Crippen LogP contribution < -0.4 is 19.5 Å². The Morgan fingerprint density at radius 3 is 2.23 bits per heavy atom. The number of rotatable bonds is 8. The molecule has 0 fully saturated rings. The van der Waals surface area contributed by atoms with Crippen LogP contribution in [0.1, 0.15) is 61.3 Å². The summed E-state index contributed by atoms with van der Waals surface area (Å²) in [5.41, 5.74) is 2.90. The predicted molar refractivity (Wildman–Crippen MR) is 119 cm³/mol. The summed E-state index contributed by atoms with van der Waals surface area (Å²) in [6.45, 7) is 8.46. The fraction of sp³-hybridized carbons (Fsp3) is 0.435. The maximum atomic E-state index is 13.2. The van der Waals surface area contributed by atoms with E-state index in [0.717, 1.165) is 22.3 Å². The van der Waals surface area contributed by atoms with E-state index in [1.165, 1.54) is 0 Å². The van der Waals surface area contributed by atoms with Crippen molar-refractivity contribution in [3.8, 4) is 17.2 Å². The van der Waals surface area contributed by atoms with Crippen molar-refractivity contribution >= 4 is 16.9 Å². The van der Waals surface area contributed by atoms with Gasteiger partial charge in [-0.25, -0.2) is 9.67 Å². The van der Waals surface area contributed by atoms with Gasteiger partial charge in [-0.15, -0.1) is 0 Å². The van der Waals surface area contributed by atoms with Crippen molar-refractivity contribution in [1.82, 2.24) is 20.1 Å². The van der Waals surface area contributed by atoms with Crippen molar-refractivity contribution in [2.24, 2.45) is 0 Å². The van der Waals surface area contributed by atoms with Gasteiger partial charge in [0.2, 0.25) is 0 Å². The SMILES string of the molecule is COc1cc(OC)c(OC)cc1CNC(=O)c1cc(C(C)C)nc2c1cnn2C(C)C. The van der Waals surface area contributed by atoms with Gasteiger partial charge in [0.25, 0.3) is 5.91 Å². The summed E-state index contributed by atoms with van der Waals surface area (Å²) >= 11 is 0. The topological polar surface area (TPSA) is 87.5 Å². The molecule has 3 aromatic rings. The first-order chi connectivity index (χ1) is 14.8. The van der Waals surface area contributed by atoms with E-state index in [9.17, 15) is 4.79 Å². The maximum Gasteiger partial charge on any atom is 0.252 e. The molecule has 0 radical (unpaired) electrons. The van der Waals surface area contributed by atoms with Crippen molar-refractivity contribution < 1.29 is 19.0 Å². The summed E-state index contributed by atoms with van der Waals surface area (Å²) in [6, 6.07) is 5.53.